The van der Waals surface area contributed by atoms with Gasteiger partial charge in [-0.15, -0.1) is 0 Å². The highest BCUT2D eigenvalue weighted by molar-refractivity contribution is 5.79. The zero-order valence-electron chi connectivity index (χ0n) is 9.68. The van der Waals surface area contributed by atoms with E-state index in [1.54, 1.807) is 6.92 Å². The van der Waals surface area contributed by atoms with E-state index in [-0.39, 0.29) is 0 Å². The lowest BCUT2D eigenvalue weighted by Gasteiger charge is -2.43. The molecule has 14 heavy (non-hydrogen) atoms. The molecule has 1 heteroatoms. The second-order valence-corrected chi connectivity index (χ2v) is 5.72. The monoisotopic (exact) mass is 194 g/mol. The fraction of sp³-hybridized carbons (Fsp3) is 0.923. The quantitative estimate of drug-likeness (QED) is 0.625. The average molecular weight is 194 g/mol. The zero-order chi connectivity index (χ0) is 10.3. The molecule has 0 spiro atoms. The van der Waals surface area contributed by atoms with E-state index in [9.17, 15) is 4.79 Å². The minimum Gasteiger partial charge on any atom is -0.300 e. The van der Waals surface area contributed by atoms with E-state index in [1.165, 1.54) is 25.7 Å². The lowest BCUT2D eigenvalue weighted by Crippen LogP contribution is -2.38. The van der Waals surface area contributed by atoms with Crippen molar-refractivity contribution >= 4 is 5.78 Å². The van der Waals surface area contributed by atoms with Crippen LogP contribution in [0.25, 0.3) is 0 Å². The van der Waals surface area contributed by atoms with Crippen molar-refractivity contribution in [3.05, 3.63) is 0 Å². The number of carbonyl (C=O) groups is 1. The van der Waals surface area contributed by atoms with Crippen LogP contribution >= 0.6 is 0 Å². The molecule has 3 unspecified atom stereocenters. The standard InChI is InChI=1S/C13H22O/c1-9-5-4-8-13(3)11(9)6-7-12(13)10(2)14/h9,11-12H,4-8H2,1-3H3/t9?,11?,12?,13-/m0/s1. The molecule has 1 nitrogen and oxygen atoms in total. The first kappa shape index (κ1) is 10.2. The Morgan fingerprint density at radius 1 is 1.29 bits per heavy atom. The summed E-state index contributed by atoms with van der Waals surface area (Å²) in [4.78, 5) is 11.6. The fourth-order valence-corrected chi connectivity index (χ4v) is 4.23. The first-order valence-corrected chi connectivity index (χ1v) is 6.06. The van der Waals surface area contributed by atoms with E-state index >= 15 is 0 Å². The Morgan fingerprint density at radius 2 is 2.00 bits per heavy atom. The molecular formula is C13H22O. The lowest BCUT2D eigenvalue weighted by molar-refractivity contribution is -0.125. The number of hydrogen-bond acceptors (Lipinski definition) is 1. The maximum Gasteiger partial charge on any atom is 0.133 e. The van der Waals surface area contributed by atoms with Crippen LogP contribution < -0.4 is 0 Å². The van der Waals surface area contributed by atoms with E-state index in [0.29, 0.717) is 17.1 Å². The Balaban J connectivity index is 2.24. The summed E-state index contributed by atoms with van der Waals surface area (Å²) in [5.74, 6) is 2.47. The molecule has 0 aromatic heterocycles. The summed E-state index contributed by atoms with van der Waals surface area (Å²) in [7, 11) is 0. The third kappa shape index (κ3) is 1.32. The van der Waals surface area contributed by atoms with Crippen LogP contribution in [0, 0.1) is 23.2 Å². The van der Waals surface area contributed by atoms with Gasteiger partial charge in [0, 0.05) is 5.92 Å². The SMILES string of the molecule is CC(=O)C1CCC2C(C)CCC[C@]12C. The summed E-state index contributed by atoms with van der Waals surface area (Å²) >= 11 is 0. The van der Waals surface area contributed by atoms with Crippen LogP contribution in [0.5, 0.6) is 0 Å². The molecule has 2 aliphatic carbocycles. The van der Waals surface area contributed by atoms with Crippen LogP contribution in [-0.2, 0) is 4.79 Å². The van der Waals surface area contributed by atoms with Gasteiger partial charge in [-0.1, -0.05) is 26.7 Å². The van der Waals surface area contributed by atoms with Gasteiger partial charge in [-0.25, -0.2) is 0 Å². The van der Waals surface area contributed by atoms with Crippen LogP contribution in [0.4, 0.5) is 0 Å². The molecule has 4 atom stereocenters. The predicted molar refractivity (Wildman–Crippen MR) is 58.0 cm³/mol. The van der Waals surface area contributed by atoms with Crippen LogP contribution in [-0.4, -0.2) is 5.78 Å². The van der Waals surface area contributed by atoms with Crippen molar-refractivity contribution in [1.29, 1.82) is 0 Å². The Kier molecular flexibility index (Phi) is 2.45. The van der Waals surface area contributed by atoms with Crippen molar-refractivity contribution in [1.82, 2.24) is 0 Å². The number of carbonyl (C=O) groups excluding carboxylic acids is 1. The summed E-state index contributed by atoms with van der Waals surface area (Å²) in [5.41, 5.74) is 0.351. The highest BCUT2D eigenvalue weighted by Gasteiger charge is 2.51. The van der Waals surface area contributed by atoms with Crippen molar-refractivity contribution < 1.29 is 4.79 Å². The molecule has 2 rings (SSSR count). The first-order chi connectivity index (χ1) is 6.55. The van der Waals surface area contributed by atoms with Crippen LogP contribution in [0.15, 0.2) is 0 Å². The lowest BCUT2D eigenvalue weighted by atomic mass is 9.61. The summed E-state index contributed by atoms with van der Waals surface area (Å²) in [5, 5.41) is 0. The third-order valence-electron chi connectivity index (χ3n) is 4.96. The first-order valence-electron chi connectivity index (χ1n) is 6.06. The van der Waals surface area contributed by atoms with E-state index in [4.69, 9.17) is 0 Å². The maximum atomic E-state index is 11.6. The van der Waals surface area contributed by atoms with Gasteiger partial charge in [0.15, 0.2) is 0 Å². The van der Waals surface area contributed by atoms with E-state index in [0.717, 1.165) is 18.3 Å². The molecule has 0 aromatic rings. The number of hydrogen-bond donors (Lipinski definition) is 0. The molecule has 0 radical (unpaired) electrons. The average Bonchev–Trinajstić information content (AvgIpc) is 2.43. The van der Waals surface area contributed by atoms with E-state index in [1.807, 2.05) is 0 Å². The van der Waals surface area contributed by atoms with Crippen molar-refractivity contribution in [2.24, 2.45) is 23.2 Å². The largest absolute Gasteiger partial charge is 0.300 e. The van der Waals surface area contributed by atoms with E-state index < -0.39 is 0 Å². The van der Waals surface area contributed by atoms with Gasteiger partial charge in [0.2, 0.25) is 0 Å². The second-order valence-electron chi connectivity index (χ2n) is 5.72. The van der Waals surface area contributed by atoms with Crippen LogP contribution in [0.3, 0.4) is 0 Å². The summed E-state index contributed by atoms with van der Waals surface area (Å²) < 4.78 is 0. The van der Waals surface area contributed by atoms with Gasteiger partial charge in [-0.05, 0) is 43.4 Å². The molecule has 2 fully saturated rings. The van der Waals surface area contributed by atoms with Crippen LogP contribution in [0.1, 0.15) is 52.9 Å². The van der Waals surface area contributed by atoms with E-state index in [2.05, 4.69) is 13.8 Å². The molecule has 0 aromatic carbocycles. The molecule has 2 aliphatic rings. The normalized spacial score (nSPS) is 47.5. The second kappa shape index (κ2) is 3.36. The molecule has 0 aliphatic heterocycles. The number of Topliss-reactive ketones (excluding diaryl/α,β-unsaturated/α-hetero) is 1. The fourth-order valence-electron chi connectivity index (χ4n) is 4.23. The Labute approximate surface area is 87.3 Å². The molecule has 0 bridgehead atoms. The van der Waals surface area contributed by atoms with Gasteiger partial charge in [0.05, 0.1) is 0 Å². The minimum atomic E-state index is 0.351. The highest BCUT2D eigenvalue weighted by Crippen LogP contribution is 2.57. The summed E-state index contributed by atoms with van der Waals surface area (Å²) in [6, 6.07) is 0. The van der Waals surface area contributed by atoms with Crippen molar-refractivity contribution in [2.45, 2.75) is 52.9 Å². The Bertz CT molecular complexity index is 246. The zero-order valence-corrected chi connectivity index (χ0v) is 9.68. The molecular weight excluding hydrogens is 172 g/mol. The van der Waals surface area contributed by atoms with Gasteiger partial charge in [-0.2, -0.15) is 0 Å². The number of ketones is 1. The Morgan fingerprint density at radius 3 is 2.64 bits per heavy atom. The smallest absolute Gasteiger partial charge is 0.133 e. The molecule has 0 saturated heterocycles. The predicted octanol–water partition coefficient (Wildman–Crippen LogP) is 3.43. The molecule has 0 N–H and O–H groups in total. The van der Waals surface area contributed by atoms with Crippen LogP contribution in [0.2, 0.25) is 0 Å². The molecule has 0 amide bonds. The van der Waals surface area contributed by atoms with Gasteiger partial charge in [0.25, 0.3) is 0 Å². The molecule has 0 heterocycles. The van der Waals surface area contributed by atoms with Crippen molar-refractivity contribution in [3.63, 3.8) is 0 Å². The van der Waals surface area contributed by atoms with Gasteiger partial charge in [-0.3, -0.25) is 4.79 Å². The van der Waals surface area contributed by atoms with Crippen molar-refractivity contribution in [3.8, 4) is 0 Å². The minimum absolute atomic E-state index is 0.351. The summed E-state index contributed by atoms with van der Waals surface area (Å²) in [6.07, 6.45) is 6.44. The third-order valence-corrected chi connectivity index (χ3v) is 4.96. The highest BCUT2D eigenvalue weighted by atomic mass is 16.1. The Hall–Kier alpha value is -0.330. The van der Waals surface area contributed by atoms with Gasteiger partial charge >= 0.3 is 0 Å². The molecule has 2 saturated carbocycles. The molecule has 80 valence electrons. The number of fused-ring (bicyclic) bond motifs is 1. The maximum absolute atomic E-state index is 11.6. The number of rotatable bonds is 1. The van der Waals surface area contributed by atoms with Gasteiger partial charge in [0.1, 0.15) is 5.78 Å². The van der Waals surface area contributed by atoms with Gasteiger partial charge < -0.3 is 0 Å². The summed E-state index contributed by atoms with van der Waals surface area (Å²) in [6.45, 7) is 6.54. The van der Waals surface area contributed by atoms with Crippen molar-refractivity contribution in [2.75, 3.05) is 0 Å². The topological polar surface area (TPSA) is 17.1 Å².